The lowest BCUT2D eigenvalue weighted by molar-refractivity contribution is -0.116. The van der Waals surface area contributed by atoms with E-state index in [4.69, 9.17) is 0 Å². The smallest absolute Gasteiger partial charge is 0.244 e. The third-order valence-electron chi connectivity index (χ3n) is 4.00. The van der Waals surface area contributed by atoms with Crippen molar-refractivity contribution in [1.29, 1.82) is 0 Å². The van der Waals surface area contributed by atoms with Crippen LogP contribution in [0.1, 0.15) is 22.3 Å². The molecule has 0 aromatic heterocycles. The van der Waals surface area contributed by atoms with E-state index in [-0.39, 0.29) is 11.6 Å². The number of carbonyl (C=O) groups is 1. The monoisotopic (exact) mass is 390 g/mol. The number of benzene rings is 2. The lowest BCUT2D eigenvalue weighted by atomic mass is 10.1. The van der Waals surface area contributed by atoms with Crippen LogP contribution in [0.2, 0.25) is 0 Å². The first-order chi connectivity index (χ1) is 12.6. The van der Waals surface area contributed by atoms with Gasteiger partial charge in [-0.2, -0.15) is 0 Å². The second-order valence-corrected chi connectivity index (χ2v) is 8.15. The Morgan fingerprint density at radius 1 is 1.11 bits per heavy atom. The molecular formula is C20H23FN2O3S. The Labute approximate surface area is 159 Å². The Morgan fingerprint density at radius 3 is 2.48 bits per heavy atom. The fourth-order valence-electron chi connectivity index (χ4n) is 2.43. The molecule has 2 rings (SSSR count). The number of carbonyl (C=O) groups excluding carboxylic acids is 1. The van der Waals surface area contributed by atoms with Crippen molar-refractivity contribution in [3.63, 3.8) is 0 Å². The molecule has 0 fully saturated rings. The van der Waals surface area contributed by atoms with Gasteiger partial charge in [0.15, 0.2) is 0 Å². The van der Waals surface area contributed by atoms with E-state index in [1.807, 2.05) is 32.0 Å². The standard InChI is InChI=1S/C20H23FN2O3S/c1-14-4-5-16(12-15(14)2)7-9-20(24)22-11-10-17-6-8-19(18(21)13-17)23-27(3,25)26/h4-9,12-13,23H,10-11H2,1-3H3,(H,22,24). The topological polar surface area (TPSA) is 75.3 Å². The minimum atomic E-state index is -3.53. The van der Waals surface area contributed by atoms with Crippen molar-refractivity contribution >= 4 is 27.7 Å². The molecule has 0 radical (unpaired) electrons. The number of anilines is 1. The molecule has 2 aromatic rings. The Bertz CT molecular complexity index is 969. The summed E-state index contributed by atoms with van der Waals surface area (Å²) < 4.78 is 38.3. The lowest BCUT2D eigenvalue weighted by Crippen LogP contribution is -2.23. The minimum absolute atomic E-state index is 0.0957. The van der Waals surface area contributed by atoms with Gasteiger partial charge < -0.3 is 5.32 Å². The van der Waals surface area contributed by atoms with E-state index < -0.39 is 15.8 Å². The summed E-state index contributed by atoms with van der Waals surface area (Å²) in [5, 5.41) is 2.74. The molecule has 0 heterocycles. The average Bonchev–Trinajstić information content (AvgIpc) is 2.57. The normalized spacial score (nSPS) is 11.6. The second-order valence-electron chi connectivity index (χ2n) is 6.41. The molecule has 7 heteroatoms. The van der Waals surface area contributed by atoms with Crippen LogP contribution in [0.3, 0.4) is 0 Å². The van der Waals surface area contributed by atoms with Gasteiger partial charge in [0.1, 0.15) is 5.82 Å². The zero-order valence-corrected chi connectivity index (χ0v) is 16.4. The van der Waals surface area contributed by atoms with Gasteiger partial charge in [-0.1, -0.05) is 24.3 Å². The van der Waals surface area contributed by atoms with Gasteiger partial charge in [0, 0.05) is 12.6 Å². The molecule has 0 bridgehead atoms. The van der Waals surface area contributed by atoms with E-state index in [0.29, 0.717) is 18.5 Å². The first kappa shape index (κ1) is 20.6. The fraction of sp³-hybridized carbons (Fsp3) is 0.250. The lowest BCUT2D eigenvalue weighted by Gasteiger charge is -2.08. The average molecular weight is 390 g/mol. The summed E-state index contributed by atoms with van der Waals surface area (Å²) >= 11 is 0. The van der Waals surface area contributed by atoms with Crippen molar-refractivity contribution in [2.75, 3.05) is 17.5 Å². The van der Waals surface area contributed by atoms with Crippen molar-refractivity contribution in [2.24, 2.45) is 0 Å². The summed E-state index contributed by atoms with van der Waals surface area (Å²) in [4.78, 5) is 11.9. The molecule has 5 nitrogen and oxygen atoms in total. The maximum Gasteiger partial charge on any atom is 0.244 e. The number of amides is 1. The summed E-state index contributed by atoms with van der Waals surface area (Å²) in [6, 6.07) is 10.2. The van der Waals surface area contributed by atoms with Gasteiger partial charge in [-0.15, -0.1) is 0 Å². The van der Waals surface area contributed by atoms with Crippen LogP contribution in [0.25, 0.3) is 6.08 Å². The molecule has 27 heavy (non-hydrogen) atoms. The molecule has 0 unspecified atom stereocenters. The Hall–Kier alpha value is -2.67. The van der Waals surface area contributed by atoms with Crippen molar-refractivity contribution < 1.29 is 17.6 Å². The van der Waals surface area contributed by atoms with Crippen molar-refractivity contribution in [2.45, 2.75) is 20.3 Å². The van der Waals surface area contributed by atoms with Crippen LogP contribution in [0, 0.1) is 19.7 Å². The van der Waals surface area contributed by atoms with Crippen LogP contribution in [0.15, 0.2) is 42.5 Å². The second kappa shape index (κ2) is 8.81. The van der Waals surface area contributed by atoms with Crippen molar-refractivity contribution in [3.8, 4) is 0 Å². The molecule has 0 aliphatic rings. The number of hydrogen-bond acceptors (Lipinski definition) is 3. The maximum absolute atomic E-state index is 13.9. The predicted octanol–water partition coefficient (Wildman–Crippen LogP) is 3.19. The molecule has 0 aliphatic heterocycles. The Kier molecular flexibility index (Phi) is 6.74. The van der Waals surface area contributed by atoms with E-state index in [9.17, 15) is 17.6 Å². The quantitative estimate of drug-likeness (QED) is 0.713. The number of sulfonamides is 1. The highest BCUT2D eigenvalue weighted by Crippen LogP contribution is 2.17. The Balaban J connectivity index is 1.86. The van der Waals surface area contributed by atoms with Crippen LogP contribution >= 0.6 is 0 Å². The van der Waals surface area contributed by atoms with E-state index in [0.717, 1.165) is 17.4 Å². The number of nitrogens with one attached hydrogen (secondary N) is 2. The zero-order valence-electron chi connectivity index (χ0n) is 15.5. The van der Waals surface area contributed by atoms with E-state index in [1.54, 1.807) is 12.1 Å². The molecule has 0 saturated heterocycles. The maximum atomic E-state index is 13.9. The van der Waals surface area contributed by atoms with Crippen molar-refractivity contribution in [3.05, 3.63) is 70.5 Å². The summed E-state index contributed by atoms with van der Waals surface area (Å²) in [6.45, 7) is 4.39. The molecule has 0 saturated carbocycles. The van der Waals surface area contributed by atoms with Gasteiger partial charge in [-0.05, 0) is 60.7 Å². The first-order valence-electron chi connectivity index (χ1n) is 8.43. The highest BCUT2D eigenvalue weighted by Gasteiger charge is 2.08. The minimum Gasteiger partial charge on any atom is -0.352 e. The first-order valence-corrected chi connectivity index (χ1v) is 10.3. The van der Waals surface area contributed by atoms with Gasteiger partial charge in [-0.3, -0.25) is 9.52 Å². The summed E-state index contributed by atoms with van der Waals surface area (Å²) in [5.41, 5.74) is 3.87. The van der Waals surface area contributed by atoms with E-state index >= 15 is 0 Å². The zero-order chi connectivity index (χ0) is 20.0. The van der Waals surface area contributed by atoms with Gasteiger partial charge >= 0.3 is 0 Å². The highest BCUT2D eigenvalue weighted by atomic mass is 32.2. The molecular weight excluding hydrogens is 367 g/mol. The molecule has 1 amide bonds. The van der Waals surface area contributed by atoms with Crippen LogP contribution < -0.4 is 10.0 Å². The SMILES string of the molecule is Cc1ccc(C=CC(=O)NCCc2ccc(NS(C)(=O)=O)c(F)c2)cc1C. The van der Waals surface area contributed by atoms with Crippen LogP contribution in [0.5, 0.6) is 0 Å². The largest absolute Gasteiger partial charge is 0.352 e. The van der Waals surface area contributed by atoms with Crippen LogP contribution in [-0.4, -0.2) is 27.1 Å². The number of hydrogen-bond donors (Lipinski definition) is 2. The number of aryl methyl sites for hydroxylation is 2. The van der Waals surface area contributed by atoms with Gasteiger partial charge in [-0.25, -0.2) is 12.8 Å². The Morgan fingerprint density at radius 2 is 1.85 bits per heavy atom. The van der Waals surface area contributed by atoms with Crippen LogP contribution in [0.4, 0.5) is 10.1 Å². The third-order valence-corrected chi connectivity index (χ3v) is 4.59. The number of halogens is 1. The van der Waals surface area contributed by atoms with Gasteiger partial charge in [0.2, 0.25) is 15.9 Å². The number of rotatable bonds is 7. The van der Waals surface area contributed by atoms with Gasteiger partial charge in [0.25, 0.3) is 0 Å². The molecule has 0 atom stereocenters. The molecule has 0 spiro atoms. The van der Waals surface area contributed by atoms with E-state index in [2.05, 4.69) is 10.0 Å². The molecule has 2 N–H and O–H groups in total. The summed E-state index contributed by atoms with van der Waals surface area (Å²) in [5.74, 6) is -0.886. The summed E-state index contributed by atoms with van der Waals surface area (Å²) in [6.07, 6.45) is 4.59. The third kappa shape index (κ3) is 6.86. The molecule has 2 aromatic carbocycles. The predicted molar refractivity (Wildman–Crippen MR) is 107 cm³/mol. The highest BCUT2D eigenvalue weighted by molar-refractivity contribution is 7.92. The summed E-state index contributed by atoms with van der Waals surface area (Å²) in [7, 11) is -3.53. The van der Waals surface area contributed by atoms with Crippen LogP contribution in [-0.2, 0) is 21.2 Å². The fourth-order valence-corrected chi connectivity index (χ4v) is 2.99. The van der Waals surface area contributed by atoms with E-state index in [1.165, 1.54) is 23.8 Å². The van der Waals surface area contributed by atoms with Gasteiger partial charge in [0.05, 0.1) is 11.9 Å². The van der Waals surface area contributed by atoms with Crippen molar-refractivity contribution in [1.82, 2.24) is 5.32 Å². The molecule has 144 valence electrons. The molecule has 0 aliphatic carbocycles.